The second kappa shape index (κ2) is 6.05. The number of nitrogens with zero attached hydrogens (tertiary/aromatic N) is 1. The third-order valence-electron chi connectivity index (χ3n) is 2.02. The van der Waals surface area contributed by atoms with Crippen LogP contribution in [0.5, 0.6) is 0 Å². The lowest BCUT2D eigenvalue weighted by atomic mass is 10.2. The van der Waals surface area contributed by atoms with E-state index >= 15 is 0 Å². The molecule has 0 radical (unpaired) electrons. The van der Waals surface area contributed by atoms with Crippen LogP contribution in [-0.2, 0) is 4.74 Å². The van der Waals surface area contributed by atoms with Crippen molar-refractivity contribution >= 4 is 5.69 Å². The summed E-state index contributed by atoms with van der Waals surface area (Å²) in [5, 5.41) is 12.1. The number of ether oxygens (including phenoxy) is 1. The quantitative estimate of drug-likeness (QED) is 0.801. The fraction of sp³-hybridized carbons (Fsp3) is 0.417. The maximum atomic E-state index is 8.89. The molecule has 15 heavy (non-hydrogen) atoms. The monoisotopic (exact) mass is 204 g/mol. The van der Waals surface area contributed by atoms with Gasteiger partial charge in [0.1, 0.15) is 6.07 Å². The van der Waals surface area contributed by atoms with E-state index in [0.717, 1.165) is 5.69 Å². The van der Waals surface area contributed by atoms with E-state index in [-0.39, 0.29) is 6.04 Å². The molecule has 0 aliphatic rings. The Morgan fingerprint density at radius 2 is 2.20 bits per heavy atom. The Kier molecular flexibility index (Phi) is 4.65. The van der Waals surface area contributed by atoms with E-state index < -0.39 is 0 Å². The number of anilines is 1. The normalized spacial score (nSPS) is 11.8. The van der Waals surface area contributed by atoms with Gasteiger partial charge in [-0.05, 0) is 26.0 Å². The van der Waals surface area contributed by atoms with Crippen LogP contribution in [0.4, 0.5) is 5.69 Å². The topological polar surface area (TPSA) is 45.0 Å². The van der Waals surface area contributed by atoms with Gasteiger partial charge in [0.15, 0.2) is 0 Å². The number of benzene rings is 1. The molecule has 1 aromatic rings. The maximum absolute atomic E-state index is 8.89. The molecular weight excluding hydrogens is 188 g/mol. The molecule has 0 aliphatic heterocycles. The average molecular weight is 204 g/mol. The molecular formula is C12H16N2O. The molecule has 1 unspecified atom stereocenters. The molecule has 0 heterocycles. The van der Waals surface area contributed by atoms with Gasteiger partial charge in [0.05, 0.1) is 17.9 Å². The molecule has 1 atom stereocenters. The van der Waals surface area contributed by atoms with Crippen molar-refractivity contribution in [3.05, 3.63) is 29.8 Å². The van der Waals surface area contributed by atoms with Gasteiger partial charge in [0.25, 0.3) is 0 Å². The highest BCUT2D eigenvalue weighted by Gasteiger charge is 2.04. The lowest BCUT2D eigenvalue weighted by molar-refractivity contribution is 0.141. The van der Waals surface area contributed by atoms with E-state index in [9.17, 15) is 0 Å². The second-order valence-electron chi connectivity index (χ2n) is 3.36. The summed E-state index contributed by atoms with van der Waals surface area (Å²) < 4.78 is 5.30. The molecule has 3 nitrogen and oxygen atoms in total. The summed E-state index contributed by atoms with van der Waals surface area (Å²) in [6, 6.07) is 9.84. The fourth-order valence-corrected chi connectivity index (χ4v) is 1.31. The minimum absolute atomic E-state index is 0.208. The van der Waals surface area contributed by atoms with Crippen LogP contribution in [0.1, 0.15) is 19.4 Å². The van der Waals surface area contributed by atoms with Gasteiger partial charge in [-0.1, -0.05) is 12.1 Å². The molecule has 3 heteroatoms. The Labute approximate surface area is 90.7 Å². The number of hydrogen-bond acceptors (Lipinski definition) is 3. The van der Waals surface area contributed by atoms with E-state index in [1.165, 1.54) is 0 Å². The zero-order valence-corrected chi connectivity index (χ0v) is 9.16. The molecule has 1 aromatic carbocycles. The van der Waals surface area contributed by atoms with Crippen LogP contribution in [0.15, 0.2) is 24.3 Å². The minimum Gasteiger partial charge on any atom is -0.380 e. The van der Waals surface area contributed by atoms with Crippen LogP contribution in [0, 0.1) is 11.3 Å². The van der Waals surface area contributed by atoms with Gasteiger partial charge in [0, 0.05) is 12.6 Å². The summed E-state index contributed by atoms with van der Waals surface area (Å²) >= 11 is 0. The summed E-state index contributed by atoms with van der Waals surface area (Å²) in [6.07, 6.45) is 0. The van der Waals surface area contributed by atoms with Crippen molar-refractivity contribution in [1.29, 1.82) is 5.26 Å². The largest absolute Gasteiger partial charge is 0.380 e. The first kappa shape index (κ1) is 11.5. The van der Waals surface area contributed by atoms with E-state index in [1.54, 1.807) is 6.07 Å². The molecule has 0 aliphatic carbocycles. The van der Waals surface area contributed by atoms with Crippen molar-refractivity contribution in [3.63, 3.8) is 0 Å². The predicted octanol–water partition coefficient (Wildman–Crippen LogP) is 2.40. The number of para-hydroxylation sites is 1. The summed E-state index contributed by atoms with van der Waals surface area (Å²) in [6.45, 7) is 5.36. The molecule has 0 amide bonds. The molecule has 0 saturated carbocycles. The smallest absolute Gasteiger partial charge is 0.101 e. The van der Waals surface area contributed by atoms with Crippen molar-refractivity contribution in [3.8, 4) is 6.07 Å². The van der Waals surface area contributed by atoms with Crippen molar-refractivity contribution in [2.24, 2.45) is 0 Å². The van der Waals surface area contributed by atoms with Gasteiger partial charge in [-0.25, -0.2) is 0 Å². The lowest BCUT2D eigenvalue weighted by Crippen LogP contribution is -2.22. The van der Waals surface area contributed by atoms with Crippen molar-refractivity contribution < 1.29 is 4.74 Å². The number of hydrogen-bond donors (Lipinski definition) is 1. The first-order valence-corrected chi connectivity index (χ1v) is 5.11. The minimum atomic E-state index is 0.208. The molecule has 0 aromatic heterocycles. The molecule has 0 fully saturated rings. The highest BCUT2D eigenvalue weighted by Crippen LogP contribution is 2.14. The molecule has 1 rings (SSSR count). The van der Waals surface area contributed by atoms with Gasteiger partial charge in [-0.2, -0.15) is 5.26 Å². The Balaban J connectivity index is 2.60. The van der Waals surface area contributed by atoms with Crippen LogP contribution in [0.25, 0.3) is 0 Å². The van der Waals surface area contributed by atoms with Gasteiger partial charge < -0.3 is 10.1 Å². The summed E-state index contributed by atoms with van der Waals surface area (Å²) in [5.41, 5.74) is 1.54. The SMILES string of the molecule is CCOCC(C)Nc1ccccc1C#N. The average Bonchev–Trinajstić information content (AvgIpc) is 2.27. The van der Waals surface area contributed by atoms with Crippen LogP contribution in [-0.4, -0.2) is 19.3 Å². The first-order valence-electron chi connectivity index (χ1n) is 5.11. The van der Waals surface area contributed by atoms with E-state index in [2.05, 4.69) is 11.4 Å². The van der Waals surface area contributed by atoms with E-state index in [4.69, 9.17) is 10.00 Å². The standard InChI is InChI=1S/C12H16N2O/c1-3-15-9-10(2)14-12-7-5-4-6-11(12)8-13/h4-7,10,14H,3,9H2,1-2H3. The van der Waals surface area contributed by atoms with Crippen molar-refractivity contribution in [2.75, 3.05) is 18.5 Å². The van der Waals surface area contributed by atoms with Crippen LogP contribution in [0.3, 0.4) is 0 Å². The van der Waals surface area contributed by atoms with Gasteiger partial charge in [0.2, 0.25) is 0 Å². The van der Waals surface area contributed by atoms with Crippen LogP contribution >= 0.6 is 0 Å². The third kappa shape index (κ3) is 3.61. The summed E-state index contributed by atoms with van der Waals surface area (Å²) in [5.74, 6) is 0. The highest BCUT2D eigenvalue weighted by molar-refractivity contribution is 5.57. The Morgan fingerprint density at radius 3 is 2.87 bits per heavy atom. The van der Waals surface area contributed by atoms with Crippen LogP contribution < -0.4 is 5.32 Å². The predicted molar refractivity (Wildman–Crippen MR) is 60.7 cm³/mol. The molecule has 0 saturated heterocycles. The Morgan fingerprint density at radius 1 is 1.47 bits per heavy atom. The van der Waals surface area contributed by atoms with E-state index in [0.29, 0.717) is 18.8 Å². The Bertz CT molecular complexity index is 344. The molecule has 0 spiro atoms. The van der Waals surface area contributed by atoms with Gasteiger partial charge in [-0.3, -0.25) is 0 Å². The summed E-state index contributed by atoms with van der Waals surface area (Å²) in [4.78, 5) is 0. The van der Waals surface area contributed by atoms with Crippen molar-refractivity contribution in [1.82, 2.24) is 0 Å². The van der Waals surface area contributed by atoms with Crippen LogP contribution in [0.2, 0.25) is 0 Å². The van der Waals surface area contributed by atoms with E-state index in [1.807, 2.05) is 32.0 Å². The molecule has 0 bridgehead atoms. The second-order valence-corrected chi connectivity index (χ2v) is 3.36. The molecule has 80 valence electrons. The van der Waals surface area contributed by atoms with Gasteiger partial charge >= 0.3 is 0 Å². The first-order chi connectivity index (χ1) is 7.27. The highest BCUT2D eigenvalue weighted by atomic mass is 16.5. The van der Waals surface area contributed by atoms with Crippen molar-refractivity contribution in [2.45, 2.75) is 19.9 Å². The lowest BCUT2D eigenvalue weighted by Gasteiger charge is -2.15. The summed E-state index contributed by atoms with van der Waals surface area (Å²) in [7, 11) is 0. The third-order valence-corrected chi connectivity index (χ3v) is 2.02. The number of nitrogens with one attached hydrogen (secondary N) is 1. The fourth-order valence-electron chi connectivity index (χ4n) is 1.31. The molecule has 1 N–H and O–H groups in total. The zero-order chi connectivity index (χ0) is 11.1. The zero-order valence-electron chi connectivity index (χ0n) is 9.16. The number of nitriles is 1. The van der Waals surface area contributed by atoms with Gasteiger partial charge in [-0.15, -0.1) is 0 Å². The maximum Gasteiger partial charge on any atom is 0.101 e. The Hall–Kier alpha value is -1.53. The number of rotatable bonds is 5.